The minimum Gasteiger partial charge on any atom is -0.371 e. The summed E-state index contributed by atoms with van der Waals surface area (Å²) >= 11 is 5.83. The van der Waals surface area contributed by atoms with Crippen LogP contribution < -0.4 is 5.32 Å². The van der Waals surface area contributed by atoms with Gasteiger partial charge in [0.2, 0.25) is 5.91 Å². The molecule has 2 fully saturated rings. The quantitative estimate of drug-likeness (QED) is 0.803. The third kappa shape index (κ3) is 5.16. The van der Waals surface area contributed by atoms with Crippen LogP contribution in [0.3, 0.4) is 0 Å². The van der Waals surface area contributed by atoms with Gasteiger partial charge in [-0.15, -0.1) is 0 Å². The normalized spacial score (nSPS) is 25.9. The maximum atomic E-state index is 13.3. The first-order valence-electron chi connectivity index (χ1n) is 8.58. The van der Waals surface area contributed by atoms with E-state index >= 15 is 0 Å². The molecule has 2 aliphatic rings. The number of hydrogen-bond donors (Lipinski definition) is 1. The summed E-state index contributed by atoms with van der Waals surface area (Å²) in [6.45, 7) is 2.20. The standard InChI is InChI=1S/C17H22ClFN2O4S/c18-14-7-13(1-2-15(14)19)16-9-21(4-5-25-16)10-17(22)20-8-12-3-6-26(23,24)11-12/h1-2,7,12,16H,3-6,8-11H2,(H,20,22). The third-order valence-corrected chi connectivity index (χ3v) is 6.87. The van der Waals surface area contributed by atoms with Gasteiger partial charge >= 0.3 is 0 Å². The van der Waals surface area contributed by atoms with Crippen molar-refractivity contribution in [3.05, 3.63) is 34.6 Å². The highest BCUT2D eigenvalue weighted by Gasteiger charge is 2.28. The van der Waals surface area contributed by atoms with Crippen LogP contribution in [0.2, 0.25) is 5.02 Å². The number of halogens is 2. The Morgan fingerprint density at radius 1 is 1.42 bits per heavy atom. The summed E-state index contributed by atoms with van der Waals surface area (Å²) in [5.74, 6) is -0.247. The van der Waals surface area contributed by atoms with Crippen molar-refractivity contribution in [3.63, 3.8) is 0 Å². The summed E-state index contributed by atoms with van der Waals surface area (Å²) in [5.41, 5.74) is 0.776. The molecule has 0 aliphatic carbocycles. The monoisotopic (exact) mass is 404 g/mol. The van der Waals surface area contributed by atoms with Crippen LogP contribution in [0.5, 0.6) is 0 Å². The molecule has 3 rings (SSSR count). The van der Waals surface area contributed by atoms with Crippen molar-refractivity contribution in [1.29, 1.82) is 0 Å². The Labute approximate surface area is 157 Å². The van der Waals surface area contributed by atoms with E-state index < -0.39 is 15.7 Å². The first-order valence-corrected chi connectivity index (χ1v) is 10.8. The van der Waals surface area contributed by atoms with Crippen LogP contribution in [0.4, 0.5) is 4.39 Å². The minimum absolute atomic E-state index is 0.00254. The molecule has 1 N–H and O–H groups in total. The van der Waals surface area contributed by atoms with Crippen LogP contribution in [0.25, 0.3) is 0 Å². The molecule has 2 atom stereocenters. The summed E-state index contributed by atoms with van der Waals surface area (Å²) in [7, 11) is -2.93. The van der Waals surface area contributed by atoms with Gasteiger partial charge in [-0.05, 0) is 30.0 Å². The first kappa shape index (κ1) is 19.5. The largest absolute Gasteiger partial charge is 0.371 e. The summed E-state index contributed by atoms with van der Waals surface area (Å²) in [5, 5.41) is 2.87. The molecule has 0 saturated carbocycles. The summed E-state index contributed by atoms with van der Waals surface area (Å²) < 4.78 is 41.9. The fourth-order valence-electron chi connectivity index (χ4n) is 3.31. The van der Waals surface area contributed by atoms with Crippen LogP contribution in [0.15, 0.2) is 18.2 Å². The van der Waals surface area contributed by atoms with Gasteiger partial charge in [-0.3, -0.25) is 9.69 Å². The number of rotatable bonds is 5. The first-order chi connectivity index (χ1) is 12.3. The van der Waals surface area contributed by atoms with E-state index in [1.165, 1.54) is 6.07 Å². The molecule has 2 heterocycles. The fourth-order valence-corrected chi connectivity index (χ4v) is 5.36. The second-order valence-corrected chi connectivity index (χ2v) is 9.48. The summed E-state index contributed by atoms with van der Waals surface area (Å²) in [6, 6.07) is 4.49. The molecule has 26 heavy (non-hydrogen) atoms. The molecule has 9 heteroatoms. The van der Waals surface area contributed by atoms with E-state index in [0.29, 0.717) is 32.7 Å². The maximum absolute atomic E-state index is 13.3. The molecule has 0 bridgehead atoms. The molecule has 2 unspecified atom stereocenters. The fraction of sp³-hybridized carbons (Fsp3) is 0.588. The molecular formula is C17H22ClFN2O4S. The zero-order valence-electron chi connectivity index (χ0n) is 14.3. The minimum atomic E-state index is -2.93. The van der Waals surface area contributed by atoms with Crippen molar-refractivity contribution < 1.29 is 22.3 Å². The van der Waals surface area contributed by atoms with Crippen molar-refractivity contribution in [3.8, 4) is 0 Å². The number of ether oxygens (including phenoxy) is 1. The lowest BCUT2D eigenvalue weighted by atomic mass is 10.1. The Hall–Kier alpha value is -1.22. The Balaban J connectivity index is 1.48. The Kier molecular flexibility index (Phi) is 6.17. The van der Waals surface area contributed by atoms with Crippen molar-refractivity contribution in [1.82, 2.24) is 10.2 Å². The van der Waals surface area contributed by atoms with Gasteiger partial charge in [-0.2, -0.15) is 0 Å². The number of sulfone groups is 1. The van der Waals surface area contributed by atoms with E-state index in [4.69, 9.17) is 16.3 Å². The number of hydrogen-bond acceptors (Lipinski definition) is 5. The van der Waals surface area contributed by atoms with Crippen LogP contribution in [0.1, 0.15) is 18.1 Å². The van der Waals surface area contributed by atoms with E-state index in [9.17, 15) is 17.6 Å². The van der Waals surface area contributed by atoms with Gasteiger partial charge in [0.25, 0.3) is 0 Å². The molecule has 1 aromatic carbocycles. The van der Waals surface area contributed by atoms with Gasteiger partial charge in [0, 0.05) is 19.6 Å². The zero-order chi connectivity index (χ0) is 18.7. The smallest absolute Gasteiger partial charge is 0.234 e. The molecule has 1 aromatic rings. The summed E-state index contributed by atoms with van der Waals surface area (Å²) in [4.78, 5) is 14.1. The van der Waals surface area contributed by atoms with E-state index in [0.717, 1.165) is 5.56 Å². The highest BCUT2D eigenvalue weighted by atomic mass is 35.5. The molecule has 2 aliphatic heterocycles. The Morgan fingerprint density at radius 3 is 2.92 bits per heavy atom. The number of benzene rings is 1. The Bertz CT molecular complexity index is 774. The number of amides is 1. The predicted molar refractivity (Wildman–Crippen MR) is 96.3 cm³/mol. The molecule has 1 amide bonds. The molecule has 0 radical (unpaired) electrons. The van der Waals surface area contributed by atoms with Gasteiger partial charge in [0.1, 0.15) is 5.82 Å². The van der Waals surface area contributed by atoms with Gasteiger partial charge in [-0.1, -0.05) is 17.7 Å². The van der Waals surface area contributed by atoms with E-state index in [1.807, 2.05) is 4.90 Å². The van der Waals surface area contributed by atoms with Crippen LogP contribution in [-0.4, -0.2) is 63.5 Å². The van der Waals surface area contributed by atoms with Gasteiger partial charge in [-0.25, -0.2) is 12.8 Å². The van der Waals surface area contributed by atoms with Gasteiger partial charge in [0.15, 0.2) is 9.84 Å². The molecule has 0 spiro atoms. The average molecular weight is 405 g/mol. The number of morpholine rings is 1. The summed E-state index contributed by atoms with van der Waals surface area (Å²) in [6.07, 6.45) is 0.336. The number of nitrogens with zero attached hydrogens (tertiary/aromatic N) is 1. The topological polar surface area (TPSA) is 75.7 Å². The van der Waals surface area contributed by atoms with Crippen molar-refractivity contribution >= 4 is 27.3 Å². The van der Waals surface area contributed by atoms with Crippen LogP contribution in [-0.2, 0) is 19.4 Å². The highest BCUT2D eigenvalue weighted by molar-refractivity contribution is 7.91. The maximum Gasteiger partial charge on any atom is 0.234 e. The molecule has 0 aromatic heterocycles. The average Bonchev–Trinajstić information content (AvgIpc) is 2.95. The van der Waals surface area contributed by atoms with E-state index in [-0.39, 0.29) is 41.0 Å². The molecular weight excluding hydrogens is 383 g/mol. The SMILES string of the molecule is O=C(CN1CCOC(c2ccc(F)c(Cl)c2)C1)NCC1CCS(=O)(=O)C1. The highest BCUT2D eigenvalue weighted by Crippen LogP contribution is 2.26. The van der Waals surface area contributed by atoms with Crippen molar-refractivity contribution in [2.45, 2.75) is 12.5 Å². The van der Waals surface area contributed by atoms with Crippen molar-refractivity contribution in [2.75, 3.05) is 44.3 Å². The number of carbonyl (C=O) groups excluding carboxylic acids is 1. The van der Waals surface area contributed by atoms with Crippen molar-refractivity contribution in [2.24, 2.45) is 5.92 Å². The molecule has 144 valence electrons. The molecule has 2 saturated heterocycles. The van der Waals surface area contributed by atoms with Gasteiger partial charge in [0.05, 0.1) is 35.8 Å². The lowest BCUT2D eigenvalue weighted by molar-refractivity contribution is -0.124. The molecule has 6 nitrogen and oxygen atoms in total. The van der Waals surface area contributed by atoms with Crippen LogP contribution in [0, 0.1) is 11.7 Å². The van der Waals surface area contributed by atoms with E-state index in [2.05, 4.69) is 5.32 Å². The Morgan fingerprint density at radius 2 is 2.23 bits per heavy atom. The lowest BCUT2D eigenvalue weighted by Crippen LogP contribution is -2.45. The lowest BCUT2D eigenvalue weighted by Gasteiger charge is -2.32. The van der Waals surface area contributed by atoms with Crippen LogP contribution >= 0.6 is 11.6 Å². The second kappa shape index (κ2) is 8.21. The zero-order valence-corrected chi connectivity index (χ0v) is 15.9. The van der Waals surface area contributed by atoms with E-state index in [1.54, 1.807) is 12.1 Å². The van der Waals surface area contributed by atoms with Gasteiger partial charge < -0.3 is 10.1 Å². The number of nitrogens with one attached hydrogen (secondary N) is 1. The number of carbonyl (C=O) groups is 1. The third-order valence-electron chi connectivity index (χ3n) is 4.75. The second-order valence-electron chi connectivity index (χ2n) is 6.84. The predicted octanol–water partition coefficient (Wildman–Crippen LogP) is 1.40.